The Labute approximate surface area is 217 Å². The molecule has 0 saturated heterocycles. The Morgan fingerprint density at radius 3 is 2.32 bits per heavy atom. The zero-order valence-electron chi connectivity index (χ0n) is 20.9. The summed E-state index contributed by atoms with van der Waals surface area (Å²) in [5, 5.41) is 3.12. The summed E-state index contributed by atoms with van der Waals surface area (Å²) in [6.07, 6.45) is 1.52. The maximum atomic E-state index is 14.7. The molecule has 38 heavy (non-hydrogen) atoms. The Kier molecular flexibility index (Phi) is 6.78. The number of aromatic nitrogens is 2. The molecule has 1 amide bonds. The number of methoxy groups -OCH3 is 3. The number of carbonyl (C=O) groups is 1. The van der Waals surface area contributed by atoms with Gasteiger partial charge in [-0.3, -0.25) is 4.79 Å². The van der Waals surface area contributed by atoms with Crippen LogP contribution in [0.4, 0.5) is 20.3 Å². The molecule has 1 aliphatic rings. The number of nitrogens with one attached hydrogen (secondary N) is 1. The molecule has 0 spiro atoms. The van der Waals surface area contributed by atoms with E-state index in [0.29, 0.717) is 40.0 Å². The summed E-state index contributed by atoms with van der Waals surface area (Å²) in [4.78, 5) is 24.0. The van der Waals surface area contributed by atoms with Crippen LogP contribution in [-0.2, 0) is 13.1 Å². The number of hydrogen-bond donors (Lipinski definition) is 1. The highest BCUT2D eigenvalue weighted by Crippen LogP contribution is 2.37. The van der Waals surface area contributed by atoms with Gasteiger partial charge in [-0.05, 0) is 42.5 Å². The Morgan fingerprint density at radius 2 is 1.66 bits per heavy atom. The van der Waals surface area contributed by atoms with Gasteiger partial charge in [-0.15, -0.1) is 0 Å². The van der Waals surface area contributed by atoms with Gasteiger partial charge in [-0.25, -0.2) is 18.7 Å². The van der Waals surface area contributed by atoms with Gasteiger partial charge in [0.05, 0.1) is 68.8 Å². The summed E-state index contributed by atoms with van der Waals surface area (Å²) in [5.74, 6) is 0.365. The molecule has 0 bridgehead atoms. The van der Waals surface area contributed by atoms with Crippen molar-refractivity contribution in [2.24, 2.45) is 0 Å². The first-order valence-electron chi connectivity index (χ1n) is 11.7. The maximum Gasteiger partial charge on any atom is 0.258 e. The van der Waals surface area contributed by atoms with Gasteiger partial charge in [0.25, 0.3) is 5.91 Å². The highest BCUT2D eigenvalue weighted by Gasteiger charge is 2.33. The van der Waals surface area contributed by atoms with Crippen molar-refractivity contribution in [1.29, 1.82) is 0 Å². The van der Waals surface area contributed by atoms with E-state index >= 15 is 0 Å². The summed E-state index contributed by atoms with van der Waals surface area (Å²) in [7, 11) is 4.63. The molecule has 1 N–H and O–H groups in total. The van der Waals surface area contributed by atoms with E-state index in [1.807, 2.05) is 6.07 Å². The van der Waals surface area contributed by atoms with Crippen LogP contribution in [-0.4, -0.2) is 42.1 Å². The summed E-state index contributed by atoms with van der Waals surface area (Å²) < 4.78 is 45.3. The van der Waals surface area contributed by atoms with Crippen LogP contribution < -0.4 is 19.5 Å². The molecule has 0 atom stereocenters. The number of nitrogens with zero attached hydrogens (tertiary/aromatic N) is 3. The number of fused-ring (bicyclic) bond motifs is 1. The van der Waals surface area contributed by atoms with Crippen LogP contribution >= 0.6 is 0 Å². The highest BCUT2D eigenvalue weighted by molar-refractivity contribution is 6.04. The first-order valence-corrected chi connectivity index (χ1v) is 11.7. The van der Waals surface area contributed by atoms with Gasteiger partial charge in [-0.2, -0.15) is 0 Å². The normalized spacial score (nSPS) is 12.3. The van der Waals surface area contributed by atoms with E-state index in [-0.39, 0.29) is 30.3 Å². The van der Waals surface area contributed by atoms with E-state index in [1.54, 1.807) is 43.4 Å². The fourth-order valence-corrected chi connectivity index (χ4v) is 4.36. The summed E-state index contributed by atoms with van der Waals surface area (Å²) in [6, 6.07) is 13.8. The number of carbonyl (C=O) groups excluding carboxylic acids is 1. The van der Waals surface area contributed by atoms with Gasteiger partial charge in [-0.1, -0.05) is 6.07 Å². The molecular formula is C28H24F2N4O4. The van der Waals surface area contributed by atoms with Crippen LogP contribution in [0.3, 0.4) is 0 Å². The van der Waals surface area contributed by atoms with Crippen molar-refractivity contribution in [2.75, 3.05) is 26.6 Å². The average Bonchev–Trinajstić information content (AvgIpc) is 3.24. The largest absolute Gasteiger partial charge is 0.497 e. The molecule has 2 aromatic heterocycles. The summed E-state index contributed by atoms with van der Waals surface area (Å²) in [6.45, 7) is 0.365. The lowest BCUT2D eigenvalue weighted by molar-refractivity contribution is 0.0766. The van der Waals surface area contributed by atoms with Gasteiger partial charge in [0.15, 0.2) is 0 Å². The fourth-order valence-electron chi connectivity index (χ4n) is 4.36. The maximum absolute atomic E-state index is 14.7. The van der Waals surface area contributed by atoms with Crippen LogP contribution in [0.2, 0.25) is 0 Å². The monoisotopic (exact) mass is 518 g/mol. The third-order valence-corrected chi connectivity index (χ3v) is 6.25. The number of rotatable bonds is 8. The molecule has 5 rings (SSSR count). The van der Waals surface area contributed by atoms with Crippen molar-refractivity contribution < 1.29 is 27.8 Å². The third-order valence-electron chi connectivity index (χ3n) is 6.25. The Balaban J connectivity index is 1.56. The van der Waals surface area contributed by atoms with Crippen LogP contribution in [0.5, 0.6) is 17.2 Å². The van der Waals surface area contributed by atoms with Crippen molar-refractivity contribution in [3.05, 3.63) is 89.2 Å². The molecule has 194 valence electrons. The van der Waals surface area contributed by atoms with Crippen molar-refractivity contribution in [2.45, 2.75) is 13.1 Å². The highest BCUT2D eigenvalue weighted by atomic mass is 19.1. The molecule has 4 aromatic rings. The Morgan fingerprint density at radius 1 is 0.921 bits per heavy atom. The van der Waals surface area contributed by atoms with Gasteiger partial charge in [0.1, 0.15) is 34.7 Å². The molecule has 0 unspecified atom stereocenters. The fraction of sp³-hybridized carbons (Fsp3) is 0.179. The number of amides is 1. The molecule has 0 fully saturated rings. The van der Waals surface area contributed by atoms with Crippen molar-refractivity contribution >= 4 is 17.4 Å². The lowest BCUT2D eigenvalue weighted by Gasteiger charge is -2.18. The quantitative estimate of drug-likeness (QED) is 0.337. The number of benzene rings is 2. The van der Waals surface area contributed by atoms with E-state index in [9.17, 15) is 13.6 Å². The van der Waals surface area contributed by atoms with E-state index in [4.69, 9.17) is 14.2 Å². The van der Waals surface area contributed by atoms with Crippen LogP contribution in [0.1, 0.15) is 21.6 Å². The van der Waals surface area contributed by atoms with E-state index < -0.39 is 11.6 Å². The average molecular weight is 519 g/mol. The number of anilines is 2. The van der Waals surface area contributed by atoms with Crippen molar-refractivity contribution in [3.8, 4) is 28.5 Å². The summed E-state index contributed by atoms with van der Waals surface area (Å²) >= 11 is 0. The van der Waals surface area contributed by atoms with Crippen molar-refractivity contribution in [1.82, 2.24) is 14.9 Å². The minimum atomic E-state index is -0.755. The van der Waals surface area contributed by atoms with Crippen LogP contribution in [0, 0.1) is 11.6 Å². The second-order valence-electron chi connectivity index (χ2n) is 8.52. The molecular weight excluding hydrogens is 494 g/mol. The number of hydrogen-bond acceptors (Lipinski definition) is 7. The van der Waals surface area contributed by atoms with E-state index in [1.165, 1.54) is 37.6 Å². The second-order valence-corrected chi connectivity index (χ2v) is 8.52. The number of halogens is 2. The third kappa shape index (κ3) is 4.68. The topological polar surface area (TPSA) is 85.8 Å². The minimum absolute atomic E-state index is 0.0621. The number of ether oxygens (including phenoxy) is 3. The lowest BCUT2D eigenvalue weighted by Crippen LogP contribution is -2.24. The van der Waals surface area contributed by atoms with Gasteiger partial charge >= 0.3 is 0 Å². The smallest absolute Gasteiger partial charge is 0.258 e. The molecule has 8 nitrogen and oxygen atoms in total. The molecule has 0 saturated carbocycles. The summed E-state index contributed by atoms with van der Waals surface area (Å²) in [5.41, 5.74) is 1.57. The Hall–Kier alpha value is -4.73. The van der Waals surface area contributed by atoms with E-state index in [0.717, 1.165) is 5.56 Å². The second kappa shape index (κ2) is 10.3. The Bertz CT molecular complexity index is 1490. The van der Waals surface area contributed by atoms with Gasteiger partial charge in [0.2, 0.25) is 0 Å². The molecule has 10 heteroatoms. The molecule has 1 aliphatic heterocycles. The molecule has 3 heterocycles. The standard InChI is InChI=1S/C28H24F2N4O4/c1-36-17-8-7-16(24(11-17)38-3)14-34-15-23-27(28(34)35)22(33-25-10-9-18(37-2)13-31-25)12-21(32-23)26-19(29)5-4-6-20(26)30/h4-13H,14-15H2,1-3H3,(H,31,32,33). The SMILES string of the molecule is COc1ccc(Nc2cc(-c3c(F)cccc3F)nc3c2C(=O)N(Cc2ccc(OC)cc2OC)C3)nc1. The van der Waals surface area contributed by atoms with Gasteiger partial charge < -0.3 is 24.4 Å². The first-order chi connectivity index (χ1) is 18.4. The zero-order valence-corrected chi connectivity index (χ0v) is 20.9. The number of pyridine rings is 2. The van der Waals surface area contributed by atoms with Crippen LogP contribution in [0.25, 0.3) is 11.3 Å². The first kappa shape index (κ1) is 24.9. The molecule has 0 aliphatic carbocycles. The van der Waals surface area contributed by atoms with Gasteiger partial charge in [0, 0.05) is 11.6 Å². The molecule has 2 aromatic carbocycles. The van der Waals surface area contributed by atoms with E-state index in [2.05, 4.69) is 15.3 Å². The zero-order chi connectivity index (χ0) is 26.8. The minimum Gasteiger partial charge on any atom is -0.497 e. The predicted octanol–water partition coefficient (Wildman–Crippen LogP) is 5.35. The molecule has 0 radical (unpaired) electrons. The lowest BCUT2D eigenvalue weighted by atomic mass is 10.1. The van der Waals surface area contributed by atoms with Crippen molar-refractivity contribution in [3.63, 3.8) is 0 Å². The predicted molar refractivity (Wildman–Crippen MR) is 137 cm³/mol. The van der Waals surface area contributed by atoms with Crippen LogP contribution in [0.15, 0.2) is 60.8 Å².